The van der Waals surface area contributed by atoms with Crippen molar-refractivity contribution in [1.82, 2.24) is 14.8 Å². The van der Waals surface area contributed by atoms with E-state index < -0.39 is 12.0 Å². The van der Waals surface area contributed by atoms with Crippen LogP contribution in [0.25, 0.3) is 0 Å². The summed E-state index contributed by atoms with van der Waals surface area (Å²) in [6.45, 7) is 4.46. The highest BCUT2D eigenvalue weighted by molar-refractivity contribution is 7.11. The number of thiazole rings is 1. The van der Waals surface area contributed by atoms with Gasteiger partial charge in [-0.25, -0.2) is 9.37 Å². The number of hydrogen-bond donors (Lipinski definition) is 1. The Hall–Kier alpha value is -2.61. The average Bonchev–Trinajstić information content (AvgIpc) is 3.56. The molecule has 3 aliphatic rings. The van der Waals surface area contributed by atoms with E-state index in [1.165, 1.54) is 27.9 Å². The average molecular weight is 562 g/mol. The number of aliphatic carboxylic acids is 1. The van der Waals surface area contributed by atoms with Crippen LogP contribution >= 0.6 is 11.3 Å². The van der Waals surface area contributed by atoms with Gasteiger partial charge in [0, 0.05) is 43.0 Å². The second-order valence-electron chi connectivity index (χ2n) is 12.2. The Morgan fingerprint density at radius 3 is 2.55 bits per heavy atom. The first-order chi connectivity index (χ1) is 19.5. The molecule has 40 heavy (non-hydrogen) atoms. The van der Waals surface area contributed by atoms with E-state index in [2.05, 4.69) is 40.3 Å². The van der Waals surface area contributed by atoms with Crippen molar-refractivity contribution in [2.45, 2.75) is 62.8 Å². The maximum Gasteiger partial charge on any atom is 0.320 e. The summed E-state index contributed by atoms with van der Waals surface area (Å²) in [4.78, 5) is 23.2. The minimum absolute atomic E-state index is 0.152. The van der Waals surface area contributed by atoms with Gasteiger partial charge in [-0.05, 0) is 73.4 Å². The van der Waals surface area contributed by atoms with Crippen molar-refractivity contribution in [2.24, 2.45) is 11.8 Å². The standard InChI is InChI=1S/C33H40FN3O2S/c34-28-11-5-10-26(18-28)29-22-37(30(33(38)39)16-23-8-4-9-23)21-27(29)20-36-14-12-25(13-15-36)31-19-35-32(40-31)17-24-6-2-1-3-7-24/h1-3,5-7,10-11,18-19,23,25,27,29-30H,4,8-9,12-17,20-22H2,(H,38,39)/t27-,29+,30+/m0/s1. The maximum absolute atomic E-state index is 14.2. The highest BCUT2D eigenvalue weighted by Crippen LogP contribution is 2.39. The van der Waals surface area contributed by atoms with Gasteiger partial charge in [0.15, 0.2) is 0 Å². The topological polar surface area (TPSA) is 56.7 Å². The third-order valence-corrected chi connectivity index (χ3v) is 10.7. The molecule has 7 heteroatoms. The summed E-state index contributed by atoms with van der Waals surface area (Å²) in [5.41, 5.74) is 2.31. The lowest BCUT2D eigenvalue weighted by Crippen LogP contribution is -2.43. The normalized spacial score (nSPS) is 23.7. The number of benzene rings is 2. The quantitative estimate of drug-likeness (QED) is 0.310. The van der Waals surface area contributed by atoms with Crippen molar-refractivity contribution in [2.75, 3.05) is 32.7 Å². The van der Waals surface area contributed by atoms with Crippen LogP contribution in [-0.4, -0.2) is 64.6 Å². The van der Waals surface area contributed by atoms with Gasteiger partial charge in [0.1, 0.15) is 11.9 Å². The summed E-state index contributed by atoms with van der Waals surface area (Å²) < 4.78 is 14.2. The minimum atomic E-state index is -0.706. The van der Waals surface area contributed by atoms with E-state index in [0.29, 0.717) is 24.3 Å². The molecule has 3 aromatic rings. The molecule has 2 aromatic carbocycles. The molecule has 0 unspecified atom stereocenters. The van der Waals surface area contributed by atoms with Crippen LogP contribution in [0, 0.1) is 17.7 Å². The lowest BCUT2D eigenvalue weighted by molar-refractivity contribution is -0.144. The van der Waals surface area contributed by atoms with E-state index in [1.54, 1.807) is 12.1 Å². The fourth-order valence-corrected chi connectivity index (χ4v) is 8.13. The van der Waals surface area contributed by atoms with Crippen LogP contribution in [0.1, 0.15) is 71.4 Å². The Labute approximate surface area is 241 Å². The molecule has 2 aliphatic heterocycles. The van der Waals surface area contributed by atoms with Gasteiger partial charge >= 0.3 is 5.97 Å². The fraction of sp³-hybridized carbons (Fsp3) is 0.515. The first kappa shape index (κ1) is 27.6. The molecule has 1 saturated carbocycles. The number of hydrogen-bond acceptors (Lipinski definition) is 5. The second kappa shape index (κ2) is 12.5. The number of nitrogens with zero attached hydrogens (tertiary/aromatic N) is 3. The Morgan fingerprint density at radius 1 is 1.05 bits per heavy atom. The van der Waals surface area contributed by atoms with Crippen LogP contribution in [0.5, 0.6) is 0 Å². The zero-order valence-corrected chi connectivity index (χ0v) is 23.9. The smallest absolute Gasteiger partial charge is 0.320 e. The summed E-state index contributed by atoms with van der Waals surface area (Å²) in [5, 5.41) is 11.3. The Kier molecular flexibility index (Phi) is 8.61. The van der Waals surface area contributed by atoms with Gasteiger partial charge in [0.25, 0.3) is 0 Å². The van der Waals surface area contributed by atoms with Gasteiger partial charge in [0.2, 0.25) is 0 Å². The van der Waals surface area contributed by atoms with E-state index in [9.17, 15) is 14.3 Å². The highest BCUT2D eigenvalue weighted by Gasteiger charge is 2.41. The van der Waals surface area contributed by atoms with Crippen LogP contribution < -0.4 is 0 Å². The number of likely N-dealkylation sites (tertiary alicyclic amines) is 2. The summed E-state index contributed by atoms with van der Waals surface area (Å²) in [6.07, 6.45) is 9.48. The maximum atomic E-state index is 14.2. The van der Waals surface area contributed by atoms with Crippen LogP contribution in [0.2, 0.25) is 0 Å². The third kappa shape index (κ3) is 6.48. The van der Waals surface area contributed by atoms with E-state index in [4.69, 9.17) is 4.98 Å². The molecule has 1 N–H and O–H groups in total. The van der Waals surface area contributed by atoms with E-state index in [-0.39, 0.29) is 11.7 Å². The van der Waals surface area contributed by atoms with Crippen molar-refractivity contribution in [3.63, 3.8) is 0 Å². The Bertz CT molecular complexity index is 1270. The first-order valence-corrected chi connectivity index (χ1v) is 15.8. The molecule has 3 atom stereocenters. The van der Waals surface area contributed by atoms with Gasteiger partial charge in [-0.3, -0.25) is 9.69 Å². The lowest BCUT2D eigenvalue weighted by atomic mass is 9.80. The Balaban J connectivity index is 1.09. The predicted molar refractivity (Wildman–Crippen MR) is 157 cm³/mol. The predicted octanol–water partition coefficient (Wildman–Crippen LogP) is 6.41. The van der Waals surface area contributed by atoms with Crippen molar-refractivity contribution < 1.29 is 14.3 Å². The minimum Gasteiger partial charge on any atom is -0.480 e. The van der Waals surface area contributed by atoms with Crippen LogP contribution in [0.15, 0.2) is 60.8 Å². The molecule has 0 spiro atoms. The molecule has 5 nitrogen and oxygen atoms in total. The van der Waals surface area contributed by atoms with Crippen molar-refractivity contribution in [3.8, 4) is 0 Å². The SMILES string of the molecule is O=C(O)[C@@H](CC1CCC1)N1C[C@H](CN2CCC(c3cnc(Cc4ccccc4)s3)CC2)[C@@H](c2cccc(F)c2)C1. The van der Waals surface area contributed by atoms with Crippen molar-refractivity contribution in [3.05, 3.63) is 87.6 Å². The molecular weight excluding hydrogens is 521 g/mol. The molecule has 0 radical (unpaired) electrons. The molecule has 0 bridgehead atoms. The number of halogens is 1. The van der Waals surface area contributed by atoms with Crippen LogP contribution in [-0.2, 0) is 11.2 Å². The zero-order chi connectivity index (χ0) is 27.5. The van der Waals surface area contributed by atoms with E-state index >= 15 is 0 Å². The van der Waals surface area contributed by atoms with Gasteiger partial charge < -0.3 is 10.0 Å². The molecule has 3 fully saturated rings. The molecule has 1 aromatic heterocycles. The van der Waals surface area contributed by atoms with Gasteiger partial charge in [0.05, 0.1) is 5.01 Å². The molecule has 212 valence electrons. The molecule has 2 saturated heterocycles. The number of carbonyl (C=O) groups is 1. The monoisotopic (exact) mass is 561 g/mol. The van der Waals surface area contributed by atoms with Gasteiger partial charge in [-0.2, -0.15) is 0 Å². The molecule has 1 aliphatic carbocycles. The van der Waals surface area contributed by atoms with Gasteiger partial charge in [-0.1, -0.05) is 61.7 Å². The van der Waals surface area contributed by atoms with E-state index in [1.807, 2.05) is 23.5 Å². The number of piperidine rings is 1. The largest absolute Gasteiger partial charge is 0.480 e. The van der Waals surface area contributed by atoms with Crippen molar-refractivity contribution in [1.29, 1.82) is 0 Å². The summed E-state index contributed by atoms with van der Waals surface area (Å²) in [6, 6.07) is 17.1. The molecule has 3 heterocycles. The summed E-state index contributed by atoms with van der Waals surface area (Å²) in [5.74, 6) is 0.614. The van der Waals surface area contributed by atoms with Gasteiger partial charge in [-0.15, -0.1) is 11.3 Å². The lowest BCUT2D eigenvalue weighted by Gasteiger charge is -2.34. The number of carboxylic acids is 1. The fourth-order valence-electron chi connectivity index (χ4n) is 7.01. The second-order valence-corrected chi connectivity index (χ2v) is 13.3. The summed E-state index contributed by atoms with van der Waals surface area (Å²) in [7, 11) is 0. The summed E-state index contributed by atoms with van der Waals surface area (Å²) >= 11 is 1.86. The number of rotatable bonds is 10. The molecular formula is C33H40FN3O2S. The zero-order valence-electron chi connectivity index (χ0n) is 23.1. The number of carboxylic acid groups (broad SMARTS) is 1. The molecule has 6 rings (SSSR count). The molecule has 0 amide bonds. The van der Waals surface area contributed by atoms with Crippen LogP contribution in [0.3, 0.4) is 0 Å². The van der Waals surface area contributed by atoms with Crippen molar-refractivity contribution >= 4 is 17.3 Å². The van der Waals surface area contributed by atoms with Crippen LogP contribution in [0.4, 0.5) is 4.39 Å². The third-order valence-electron chi connectivity index (χ3n) is 9.51. The first-order valence-electron chi connectivity index (χ1n) is 14.9. The number of aromatic nitrogens is 1. The highest BCUT2D eigenvalue weighted by atomic mass is 32.1. The van der Waals surface area contributed by atoms with E-state index in [0.717, 1.165) is 70.3 Å². The Morgan fingerprint density at radius 2 is 1.85 bits per heavy atom.